The van der Waals surface area contributed by atoms with E-state index >= 15 is 0 Å². The fraction of sp³-hybridized carbons (Fsp3) is 0.538. The highest BCUT2D eigenvalue weighted by Crippen LogP contribution is 2.37. The van der Waals surface area contributed by atoms with E-state index in [0.717, 1.165) is 31.3 Å². The average Bonchev–Trinajstić information content (AvgIpc) is 2.73. The van der Waals surface area contributed by atoms with E-state index in [1.807, 2.05) is 6.07 Å². The molecule has 0 spiro atoms. The Kier molecular flexibility index (Phi) is 2.88. The van der Waals surface area contributed by atoms with E-state index in [2.05, 4.69) is 17.0 Å². The van der Waals surface area contributed by atoms with Crippen molar-refractivity contribution in [2.45, 2.75) is 18.9 Å². The third kappa shape index (κ3) is 1.86. The maximum Gasteiger partial charge on any atom is 0.0594 e. The van der Waals surface area contributed by atoms with Crippen molar-refractivity contribution in [2.24, 2.45) is 0 Å². The average molecular weight is 238 g/mol. The molecular formula is C13H16ClNO. The Bertz CT molecular complexity index is 388. The van der Waals surface area contributed by atoms with Crippen LogP contribution in [0.3, 0.4) is 0 Å². The van der Waals surface area contributed by atoms with Crippen molar-refractivity contribution in [3.63, 3.8) is 0 Å². The third-order valence-corrected chi connectivity index (χ3v) is 3.88. The van der Waals surface area contributed by atoms with Crippen LogP contribution in [0.2, 0.25) is 5.02 Å². The maximum atomic E-state index is 6.08. The summed E-state index contributed by atoms with van der Waals surface area (Å²) < 4.78 is 5.40. The number of aryl methyl sites for hydroxylation is 1. The molecule has 2 aliphatic rings. The van der Waals surface area contributed by atoms with Gasteiger partial charge in [0.05, 0.1) is 13.2 Å². The molecule has 2 nitrogen and oxygen atoms in total. The lowest BCUT2D eigenvalue weighted by atomic mass is 10.1. The first-order valence-corrected chi connectivity index (χ1v) is 6.32. The van der Waals surface area contributed by atoms with Gasteiger partial charge in [-0.1, -0.05) is 17.7 Å². The number of ether oxygens (including phenoxy) is 1. The molecule has 1 aromatic rings. The summed E-state index contributed by atoms with van der Waals surface area (Å²) in [5, 5.41) is 0.860. The summed E-state index contributed by atoms with van der Waals surface area (Å²) in [4.78, 5) is 2.53. The smallest absolute Gasteiger partial charge is 0.0594 e. The Morgan fingerprint density at radius 3 is 2.88 bits per heavy atom. The second kappa shape index (κ2) is 4.36. The Balaban J connectivity index is 1.86. The monoisotopic (exact) mass is 237 g/mol. The van der Waals surface area contributed by atoms with Gasteiger partial charge in [0, 0.05) is 24.2 Å². The quantitative estimate of drug-likeness (QED) is 0.745. The molecule has 0 bridgehead atoms. The number of nitrogens with zero attached hydrogens (tertiary/aromatic N) is 1. The van der Waals surface area contributed by atoms with Crippen LogP contribution in [0.15, 0.2) is 18.2 Å². The van der Waals surface area contributed by atoms with Crippen LogP contribution >= 0.6 is 11.6 Å². The van der Waals surface area contributed by atoms with Gasteiger partial charge in [0.25, 0.3) is 0 Å². The van der Waals surface area contributed by atoms with Crippen molar-refractivity contribution in [3.05, 3.63) is 34.3 Å². The van der Waals surface area contributed by atoms with Gasteiger partial charge >= 0.3 is 0 Å². The minimum Gasteiger partial charge on any atom is -0.379 e. The highest BCUT2D eigenvalue weighted by molar-refractivity contribution is 6.30. The van der Waals surface area contributed by atoms with Crippen molar-refractivity contribution < 1.29 is 4.74 Å². The fourth-order valence-electron chi connectivity index (χ4n) is 2.82. The minimum absolute atomic E-state index is 0.567. The maximum absolute atomic E-state index is 6.08. The topological polar surface area (TPSA) is 12.5 Å². The van der Waals surface area contributed by atoms with Gasteiger partial charge in [0.15, 0.2) is 0 Å². The molecule has 0 aromatic heterocycles. The lowest BCUT2D eigenvalue weighted by molar-refractivity contribution is 0.0164. The standard InChI is InChI=1S/C13H16ClNO/c14-11-3-1-10-2-4-13(12(10)9-11)15-5-7-16-8-6-15/h1,3,9,13H,2,4-8H2. The van der Waals surface area contributed by atoms with Gasteiger partial charge in [-0.15, -0.1) is 0 Å². The molecule has 0 amide bonds. The minimum atomic E-state index is 0.567. The molecule has 1 heterocycles. The van der Waals surface area contributed by atoms with Crippen molar-refractivity contribution in [1.29, 1.82) is 0 Å². The molecule has 1 atom stereocenters. The van der Waals surface area contributed by atoms with Crippen molar-refractivity contribution in [2.75, 3.05) is 26.3 Å². The Morgan fingerprint density at radius 1 is 1.25 bits per heavy atom. The summed E-state index contributed by atoms with van der Waals surface area (Å²) in [6.07, 6.45) is 2.42. The van der Waals surface area contributed by atoms with Crippen LogP contribution in [-0.2, 0) is 11.2 Å². The molecule has 1 aliphatic carbocycles. The molecule has 1 unspecified atom stereocenters. The largest absolute Gasteiger partial charge is 0.379 e. The van der Waals surface area contributed by atoms with Crippen LogP contribution in [0.5, 0.6) is 0 Å². The van der Waals surface area contributed by atoms with Gasteiger partial charge in [-0.2, -0.15) is 0 Å². The van der Waals surface area contributed by atoms with E-state index in [1.165, 1.54) is 24.0 Å². The van der Waals surface area contributed by atoms with Gasteiger partial charge in [0.1, 0.15) is 0 Å². The Hall–Kier alpha value is -0.570. The molecule has 1 fully saturated rings. The normalized spacial score (nSPS) is 25.7. The second-order valence-electron chi connectivity index (χ2n) is 4.55. The van der Waals surface area contributed by atoms with Gasteiger partial charge < -0.3 is 4.74 Å². The zero-order valence-electron chi connectivity index (χ0n) is 9.29. The molecule has 0 saturated carbocycles. The lowest BCUT2D eigenvalue weighted by Gasteiger charge is -2.32. The highest BCUT2D eigenvalue weighted by atomic mass is 35.5. The zero-order chi connectivity index (χ0) is 11.0. The molecule has 1 saturated heterocycles. The summed E-state index contributed by atoms with van der Waals surface area (Å²) in [6, 6.07) is 6.89. The van der Waals surface area contributed by atoms with Crippen LogP contribution in [0.4, 0.5) is 0 Å². The van der Waals surface area contributed by atoms with E-state index in [9.17, 15) is 0 Å². The van der Waals surface area contributed by atoms with E-state index in [-0.39, 0.29) is 0 Å². The molecule has 3 rings (SSSR count). The van der Waals surface area contributed by atoms with Gasteiger partial charge in [-0.25, -0.2) is 0 Å². The predicted octanol–water partition coefficient (Wildman–Crippen LogP) is 2.66. The molecule has 86 valence electrons. The summed E-state index contributed by atoms with van der Waals surface area (Å²) in [6.45, 7) is 3.84. The SMILES string of the molecule is Clc1ccc2c(c1)C(N1CCOCC1)CC2. The highest BCUT2D eigenvalue weighted by Gasteiger charge is 2.28. The summed E-state index contributed by atoms with van der Waals surface area (Å²) in [5.74, 6) is 0. The first-order chi connectivity index (χ1) is 7.84. The molecule has 0 radical (unpaired) electrons. The second-order valence-corrected chi connectivity index (χ2v) is 4.98. The van der Waals surface area contributed by atoms with Crippen LogP contribution in [-0.4, -0.2) is 31.2 Å². The van der Waals surface area contributed by atoms with E-state index in [4.69, 9.17) is 16.3 Å². The lowest BCUT2D eigenvalue weighted by Crippen LogP contribution is -2.38. The van der Waals surface area contributed by atoms with E-state index in [0.29, 0.717) is 6.04 Å². The summed E-state index contributed by atoms with van der Waals surface area (Å²) >= 11 is 6.08. The summed E-state index contributed by atoms with van der Waals surface area (Å²) in [7, 11) is 0. The first-order valence-electron chi connectivity index (χ1n) is 5.95. The van der Waals surface area contributed by atoms with Crippen molar-refractivity contribution in [3.8, 4) is 0 Å². The van der Waals surface area contributed by atoms with Crippen molar-refractivity contribution >= 4 is 11.6 Å². The van der Waals surface area contributed by atoms with Crippen LogP contribution in [0.1, 0.15) is 23.6 Å². The molecule has 16 heavy (non-hydrogen) atoms. The van der Waals surface area contributed by atoms with E-state index < -0.39 is 0 Å². The number of rotatable bonds is 1. The molecule has 3 heteroatoms. The zero-order valence-corrected chi connectivity index (χ0v) is 10.0. The molecule has 1 aliphatic heterocycles. The van der Waals surface area contributed by atoms with Crippen molar-refractivity contribution in [1.82, 2.24) is 4.90 Å². The van der Waals surface area contributed by atoms with Gasteiger partial charge in [0.2, 0.25) is 0 Å². The Morgan fingerprint density at radius 2 is 2.06 bits per heavy atom. The van der Waals surface area contributed by atoms with Crippen LogP contribution < -0.4 is 0 Å². The molecule has 0 N–H and O–H groups in total. The number of hydrogen-bond donors (Lipinski definition) is 0. The number of benzene rings is 1. The summed E-state index contributed by atoms with van der Waals surface area (Å²) in [5.41, 5.74) is 2.91. The van der Waals surface area contributed by atoms with Gasteiger partial charge in [-0.3, -0.25) is 4.90 Å². The number of morpholine rings is 1. The van der Waals surface area contributed by atoms with Crippen LogP contribution in [0, 0.1) is 0 Å². The Labute approximate surface area is 101 Å². The number of halogens is 1. The predicted molar refractivity (Wildman–Crippen MR) is 64.9 cm³/mol. The fourth-order valence-corrected chi connectivity index (χ4v) is 3.00. The third-order valence-electron chi connectivity index (χ3n) is 3.64. The molecular weight excluding hydrogens is 222 g/mol. The number of hydrogen-bond acceptors (Lipinski definition) is 2. The van der Waals surface area contributed by atoms with Gasteiger partial charge in [-0.05, 0) is 36.1 Å². The number of fused-ring (bicyclic) bond motifs is 1. The molecule has 1 aromatic carbocycles. The van der Waals surface area contributed by atoms with Crippen LogP contribution in [0.25, 0.3) is 0 Å². The van der Waals surface area contributed by atoms with E-state index in [1.54, 1.807) is 0 Å². The first kappa shape index (κ1) is 10.6.